The van der Waals surface area contributed by atoms with E-state index in [1.165, 1.54) is 25.7 Å². The number of hydrogen-bond acceptors (Lipinski definition) is 3. The Balaban J connectivity index is 1.72. The fourth-order valence-corrected chi connectivity index (χ4v) is 1.94. The number of rotatable bonds is 7. The van der Waals surface area contributed by atoms with Crippen molar-refractivity contribution in [1.82, 2.24) is 10.2 Å². The quantitative estimate of drug-likeness (QED) is 0.698. The molecule has 0 aromatic heterocycles. The molecule has 0 atom stereocenters. The third kappa shape index (κ3) is 4.55. The van der Waals surface area contributed by atoms with Crippen LogP contribution in [0.1, 0.15) is 32.6 Å². The molecular weight excluding hydrogens is 232 g/mol. The van der Waals surface area contributed by atoms with Gasteiger partial charge >= 0.3 is 12.0 Å². The van der Waals surface area contributed by atoms with E-state index in [-0.39, 0.29) is 18.5 Å². The summed E-state index contributed by atoms with van der Waals surface area (Å²) in [6.45, 7) is 3.75. The fourth-order valence-electron chi connectivity index (χ4n) is 1.94. The van der Waals surface area contributed by atoms with Gasteiger partial charge in [0, 0.05) is 13.1 Å². The predicted octanol–water partition coefficient (Wildman–Crippen LogP) is 1.38. The van der Waals surface area contributed by atoms with Gasteiger partial charge in [0.05, 0.1) is 6.61 Å². The van der Waals surface area contributed by atoms with Crippen molar-refractivity contribution in [1.29, 1.82) is 0 Å². The van der Waals surface area contributed by atoms with Crippen molar-refractivity contribution in [2.45, 2.75) is 32.6 Å². The van der Waals surface area contributed by atoms with Crippen LogP contribution in [0.3, 0.4) is 0 Å². The highest BCUT2D eigenvalue weighted by molar-refractivity contribution is 5.80. The number of nitrogens with zero attached hydrogens (tertiary/aromatic N) is 1. The highest BCUT2D eigenvalue weighted by atomic mass is 16.5. The number of carbonyl (C=O) groups excluding carboxylic acids is 2. The molecule has 2 fully saturated rings. The first-order valence-corrected chi connectivity index (χ1v) is 6.87. The molecule has 1 N–H and O–H groups in total. The molecular formula is C13H22N2O3. The Kier molecular flexibility index (Phi) is 4.44. The van der Waals surface area contributed by atoms with Crippen LogP contribution in [0.5, 0.6) is 0 Å². The zero-order valence-electron chi connectivity index (χ0n) is 11.0. The molecule has 2 saturated carbocycles. The fraction of sp³-hybridized carbons (Fsp3) is 0.846. The maximum atomic E-state index is 12.0. The Morgan fingerprint density at radius 1 is 1.17 bits per heavy atom. The summed E-state index contributed by atoms with van der Waals surface area (Å²) in [5, 5.41) is 2.65. The van der Waals surface area contributed by atoms with Gasteiger partial charge < -0.3 is 15.0 Å². The maximum absolute atomic E-state index is 12.0. The van der Waals surface area contributed by atoms with Gasteiger partial charge in [-0.15, -0.1) is 0 Å². The van der Waals surface area contributed by atoms with E-state index in [1.807, 2.05) is 4.90 Å². The summed E-state index contributed by atoms with van der Waals surface area (Å²) in [6.07, 6.45) is 4.91. The van der Waals surface area contributed by atoms with Gasteiger partial charge in [0.2, 0.25) is 0 Å². The highest BCUT2D eigenvalue weighted by Crippen LogP contribution is 2.33. The molecule has 2 amide bonds. The minimum Gasteiger partial charge on any atom is -0.465 e. The smallest absolute Gasteiger partial charge is 0.325 e. The van der Waals surface area contributed by atoms with Crippen molar-refractivity contribution in [2.24, 2.45) is 11.8 Å². The Bertz CT molecular complexity index is 297. The molecule has 0 bridgehead atoms. The summed E-state index contributed by atoms with van der Waals surface area (Å²) in [6, 6.07) is -0.123. The zero-order valence-corrected chi connectivity index (χ0v) is 11.0. The van der Waals surface area contributed by atoms with Crippen molar-refractivity contribution >= 4 is 12.0 Å². The van der Waals surface area contributed by atoms with Crippen molar-refractivity contribution in [3.63, 3.8) is 0 Å². The number of urea groups is 1. The van der Waals surface area contributed by atoms with Crippen LogP contribution in [-0.4, -0.2) is 43.1 Å². The Labute approximate surface area is 108 Å². The third-order valence-corrected chi connectivity index (χ3v) is 3.33. The summed E-state index contributed by atoms with van der Waals surface area (Å²) in [4.78, 5) is 25.0. The van der Waals surface area contributed by atoms with Gasteiger partial charge in [-0.1, -0.05) is 0 Å². The first kappa shape index (κ1) is 13.2. The van der Waals surface area contributed by atoms with E-state index in [9.17, 15) is 9.59 Å². The van der Waals surface area contributed by atoms with Gasteiger partial charge in [-0.05, 0) is 44.4 Å². The molecule has 0 saturated heterocycles. The van der Waals surface area contributed by atoms with Crippen LogP contribution in [0.4, 0.5) is 4.79 Å². The molecule has 0 aliphatic heterocycles. The van der Waals surface area contributed by atoms with Crippen LogP contribution in [0, 0.1) is 11.8 Å². The number of ether oxygens (including phenoxy) is 1. The monoisotopic (exact) mass is 254 g/mol. The second kappa shape index (κ2) is 6.07. The average Bonchev–Trinajstić information content (AvgIpc) is 3.20. The predicted molar refractivity (Wildman–Crippen MR) is 67.1 cm³/mol. The minimum absolute atomic E-state index is 0.0293. The zero-order chi connectivity index (χ0) is 13.0. The lowest BCUT2D eigenvalue weighted by molar-refractivity contribution is -0.141. The molecule has 5 heteroatoms. The van der Waals surface area contributed by atoms with Crippen LogP contribution in [-0.2, 0) is 9.53 Å². The Hall–Kier alpha value is -1.26. The average molecular weight is 254 g/mol. The molecule has 18 heavy (non-hydrogen) atoms. The van der Waals surface area contributed by atoms with E-state index >= 15 is 0 Å². The van der Waals surface area contributed by atoms with E-state index in [2.05, 4.69) is 5.32 Å². The lowest BCUT2D eigenvalue weighted by Crippen LogP contribution is -2.44. The topological polar surface area (TPSA) is 58.6 Å². The first-order chi connectivity index (χ1) is 8.69. The Morgan fingerprint density at radius 2 is 1.72 bits per heavy atom. The molecule has 102 valence electrons. The second-order valence-electron chi connectivity index (χ2n) is 5.26. The van der Waals surface area contributed by atoms with Crippen LogP contribution in [0.25, 0.3) is 0 Å². The lowest BCUT2D eigenvalue weighted by atomic mass is 10.3. The summed E-state index contributed by atoms with van der Waals surface area (Å²) < 4.78 is 4.79. The number of nitrogens with one attached hydrogen (secondary N) is 1. The molecule has 0 heterocycles. The second-order valence-corrected chi connectivity index (χ2v) is 5.26. The van der Waals surface area contributed by atoms with Crippen LogP contribution >= 0.6 is 0 Å². The van der Waals surface area contributed by atoms with Gasteiger partial charge in [-0.3, -0.25) is 4.79 Å². The molecule has 0 aromatic carbocycles. The standard InChI is InChI=1S/C13H22N2O3/c1-2-18-12(16)7-14-13(17)15(8-10-3-4-10)9-11-5-6-11/h10-11H,2-9H2,1H3,(H,14,17). The number of amides is 2. The molecule has 5 nitrogen and oxygen atoms in total. The van der Waals surface area contributed by atoms with Crippen molar-refractivity contribution < 1.29 is 14.3 Å². The van der Waals surface area contributed by atoms with E-state index in [4.69, 9.17) is 4.74 Å². The van der Waals surface area contributed by atoms with E-state index in [0.29, 0.717) is 18.4 Å². The molecule has 0 spiro atoms. The minimum atomic E-state index is -0.372. The maximum Gasteiger partial charge on any atom is 0.325 e. The van der Waals surface area contributed by atoms with Crippen LogP contribution in [0.2, 0.25) is 0 Å². The van der Waals surface area contributed by atoms with Crippen molar-refractivity contribution in [3.05, 3.63) is 0 Å². The van der Waals surface area contributed by atoms with Gasteiger partial charge in [0.25, 0.3) is 0 Å². The normalized spacial score (nSPS) is 18.3. The lowest BCUT2D eigenvalue weighted by Gasteiger charge is -2.22. The molecule has 2 aliphatic rings. The number of carbonyl (C=O) groups is 2. The van der Waals surface area contributed by atoms with Crippen LogP contribution < -0.4 is 5.32 Å². The van der Waals surface area contributed by atoms with Gasteiger partial charge in [-0.25, -0.2) is 4.79 Å². The molecule has 0 radical (unpaired) electrons. The third-order valence-electron chi connectivity index (χ3n) is 3.33. The number of hydrogen-bond donors (Lipinski definition) is 1. The molecule has 2 aliphatic carbocycles. The Morgan fingerprint density at radius 3 is 2.17 bits per heavy atom. The molecule has 0 aromatic rings. The molecule has 2 rings (SSSR count). The summed E-state index contributed by atoms with van der Waals surface area (Å²) in [5.74, 6) is 0.984. The summed E-state index contributed by atoms with van der Waals surface area (Å²) in [5.41, 5.74) is 0. The van der Waals surface area contributed by atoms with Gasteiger partial charge in [0.15, 0.2) is 0 Å². The first-order valence-electron chi connectivity index (χ1n) is 6.87. The van der Waals surface area contributed by atoms with Crippen molar-refractivity contribution in [2.75, 3.05) is 26.2 Å². The summed E-state index contributed by atoms with van der Waals surface area (Å²) in [7, 11) is 0. The molecule has 0 unspecified atom stereocenters. The van der Waals surface area contributed by atoms with Crippen molar-refractivity contribution in [3.8, 4) is 0 Å². The van der Waals surface area contributed by atoms with E-state index < -0.39 is 0 Å². The highest BCUT2D eigenvalue weighted by Gasteiger charge is 2.31. The van der Waals surface area contributed by atoms with E-state index in [0.717, 1.165) is 13.1 Å². The van der Waals surface area contributed by atoms with Crippen LogP contribution in [0.15, 0.2) is 0 Å². The summed E-state index contributed by atoms with van der Waals surface area (Å²) >= 11 is 0. The number of esters is 1. The largest absolute Gasteiger partial charge is 0.465 e. The van der Waals surface area contributed by atoms with Gasteiger partial charge in [0.1, 0.15) is 6.54 Å². The van der Waals surface area contributed by atoms with Gasteiger partial charge in [-0.2, -0.15) is 0 Å². The van der Waals surface area contributed by atoms with E-state index in [1.54, 1.807) is 6.92 Å². The SMILES string of the molecule is CCOC(=O)CNC(=O)N(CC1CC1)CC1CC1.